The SMILES string of the molecule is CC(CN)C(=O)NC(C)c1ccc(F)cc1. The van der Waals surface area contributed by atoms with Crippen molar-refractivity contribution in [3.05, 3.63) is 35.6 Å². The summed E-state index contributed by atoms with van der Waals surface area (Å²) >= 11 is 0. The van der Waals surface area contributed by atoms with Crippen molar-refractivity contribution in [1.29, 1.82) is 0 Å². The van der Waals surface area contributed by atoms with Crippen molar-refractivity contribution >= 4 is 5.91 Å². The standard InChI is InChI=1S/C12H17FN2O/c1-8(7-14)12(16)15-9(2)10-3-5-11(13)6-4-10/h3-6,8-9H,7,14H2,1-2H3,(H,15,16). The molecule has 1 aromatic rings. The van der Waals surface area contributed by atoms with Gasteiger partial charge >= 0.3 is 0 Å². The Morgan fingerprint density at radius 2 is 1.94 bits per heavy atom. The van der Waals surface area contributed by atoms with Crippen molar-refractivity contribution < 1.29 is 9.18 Å². The van der Waals surface area contributed by atoms with Crippen LogP contribution in [0.3, 0.4) is 0 Å². The summed E-state index contributed by atoms with van der Waals surface area (Å²) in [5, 5.41) is 2.82. The molecule has 1 amide bonds. The van der Waals surface area contributed by atoms with E-state index in [1.54, 1.807) is 19.1 Å². The average molecular weight is 224 g/mol. The highest BCUT2D eigenvalue weighted by Gasteiger charge is 2.14. The lowest BCUT2D eigenvalue weighted by atomic mass is 10.1. The number of rotatable bonds is 4. The van der Waals surface area contributed by atoms with E-state index in [0.29, 0.717) is 6.54 Å². The number of carbonyl (C=O) groups excluding carboxylic acids is 1. The predicted octanol–water partition coefficient (Wildman–Crippen LogP) is 1.60. The number of nitrogens with two attached hydrogens (primary N) is 1. The van der Waals surface area contributed by atoms with Crippen LogP contribution >= 0.6 is 0 Å². The van der Waals surface area contributed by atoms with Gasteiger partial charge in [0.05, 0.1) is 6.04 Å². The molecule has 0 aromatic heterocycles. The van der Waals surface area contributed by atoms with E-state index in [1.165, 1.54) is 12.1 Å². The number of amides is 1. The molecule has 2 unspecified atom stereocenters. The summed E-state index contributed by atoms with van der Waals surface area (Å²) in [6, 6.07) is 5.94. The van der Waals surface area contributed by atoms with E-state index in [2.05, 4.69) is 5.32 Å². The van der Waals surface area contributed by atoms with E-state index in [0.717, 1.165) is 5.56 Å². The summed E-state index contributed by atoms with van der Waals surface area (Å²) < 4.78 is 12.7. The van der Waals surface area contributed by atoms with E-state index in [1.807, 2.05) is 6.92 Å². The number of nitrogens with one attached hydrogen (secondary N) is 1. The Bertz CT molecular complexity index is 351. The van der Waals surface area contributed by atoms with Crippen LogP contribution in [-0.4, -0.2) is 12.5 Å². The second kappa shape index (κ2) is 5.61. The largest absolute Gasteiger partial charge is 0.349 e. The van der Waals surface area contributed by atoms with Gasteiger partial charge in [-0.25, -0.2) is 4.39 Å². The first kappa shape index (κ1) is 12.6. The first-order chi connectivity index (χ1) is 7.54. The molecule has 0 saturated heterocycles. The van der Waals surface area contributed by atoms with Gasteiger partial charge in [0.25, 0.3) is 0 Å². The summed E-state index contributed by atoms with van der Waals surface area (Å²) in [7, 11) is 0. The molecule has 3 nitrogen and oxygen atoms in total. The van der Waals surface area contributed by atoms with Gasteiger partial charge in [-0.3, -0.25) is 4.79 Å². The van der Waals surface area contributed by atoms with Crippen LogP contribution < -0.4 is 11.1 Å². The molecule has 1 aromatic carbocycles. The third kappa shape index (κ3) is 3.31. The van der Waals surface area contributed by atoms with Gasteiger partial charge in [0.1, 0.15) is 5.82 Å². The maximum atomic E-state index is 12.7. The number of carbonyl (C=O) groups is 1. The monoisotopic (exact) mass is 224 g/mol. The van der Waals surface area contributed by atoms with E-state index in [4.69, 9.17) is 5.73 Å². The number of benzene rings is 1. The Morgan fingerprint density at radius 1 is 1.38 bits per heavy atom. The molecule has 0 spiro atoms. The minimum absolute atomic E-state index is 0.0840. The van der Waals surface area contributed by atoms with E-state index >= 15 is 0 Å². The molecular weight excluding hydrogens is 207 g/mol. The number of hydrogen-bond acceptors (Lipinski definition) is 2. The smallest absolute Gasteiger partial charge is 0.224 e. The van der Waals surface area contributed by atoms with E-state index in [-0.39, 0.29) is 23.7 Å². The zero-order chi connectivity index (χ0) is 12.1. The molecule has 0 aliphatic rings. The Labute approximate surface area is 94.8 Å². The van der Waals surface area contributed by atoms with Crippen LogP contribution in [0.25, 0.3) is 0 Å². The molecule has 88 valence electrons. The Hall–Kier alpha value is -1.42. The fourth-order valence-electron chi connectivity index (χ4n) is 1.30. The van der Waals surface area contributed by atoms with Crippen molar-refractivity contribution in [1.82, 2.24) is 5.32 Å². The predicted molar refractivity (Wildman–Crippen MR) is 61.2 cm³/mol. The van der Waals surface area contributed by atoms with Crippen LogP contribution in [0.1, 0.15) is 25.5 Å². The summed E-state index contributed by atoms with van der Waals surface area (Å²) in [6.45, 7) is 3.95. The second-order valence-corrected chi connectivity index (χ2v) is 3.92. The van der Waals surface area contributed by atoms with Gasteiger partial charge in [-0.1, -0.05) is 19.1 Å². The second-order valence-electron chi connectivity index (χ2n) is 3.92. The molecule has 3 N–H and O–H groups in total. The summed E-state index contributed by atoms with van der Waals surface area (Å²) in [5.74, 6) is -0.570. The molecule has 0 fully saturated rings. The van der Waals surface area contributed by atoms with Crippen molar-refractivity contribution in [2.24, 2.45) is 11.7 Å². The molecule has 0 saturated carbocycles. The lowest BCUT2D eigenvalue weighted by Gasteiger charge is -2.16. The third-order valence-electron chi connectivity index (χ3n) is 2.53. The van der Waals surface area contributed by atoms with Crippen molar-refractivity contribution in [3.63, 3.8) is 0 Å². The summed E-state index contributed by atoms with van der Waals surface area (Å²) in [4.78, 5) is 11.6. The van der Waals surface area contributed by atoms with Gasteiger partial charge in [0.15, 0.2) is 0 Å². The third-order valence-corrected chi connectivity index (χ3v) is 2.53. The van der Waals surface area contributed by atoms with Gasteiger partial charge in [0.2, 0.25) is 5.91 Å². The van der Waals surface area contributed by atoms with Crippen LogP contribution in [-0.2, 0) is 4.79 Å². The van der Waals surface area contributed by atoms with Crippen molar-refractivity contribution in [2.45, 2.75) is 19.9 Å². The topological polar surface area (TPSA) is 55.1 Å². The molecule has 0 aliphatic carbocycles. The molecule has 2 atom stereocenters. The van der Waals surface area contributed by atoms with Crippen LogP contribution in [0.4, 0.5) is 4.39 Å². The molecule has 0 radical (unpaired) electrons. The molecule has 4 heteroatoms. The summed E-state index contributed by atoms with van der Waals surface area (Å²) in [5.41, 5.74) is 6.27. The molecular formula is C12H17FN2O. The first-order valence-corrected chi connectivity index (χ1v) is 5.30. The molecule has 0 heterocycles. The first-order valence-electron chi connectivity index (χ1n) is 5.30. The van der Waals surface area contributed by atoms with Crippen LogP contribution in [0.2, 0.25) is 0 Å². The van der Waals surface area contributed by atoms with Crippen LogP contribution in [0.15, 0.2) is 24.3 Å². The molecule has 1 rings (SSSR count). The fraction of sp³-hybridized carbons (Fsp3) is 0.417. The molecule has 0 aliphatic heterocycles. The quantitative estimate of drug-likeness (QED) is 0.816. The fourth-order valence-corrected chi connectivity index (χ4v) is 1.30. The van der Waals surface area contributed by atoms with Gasteiger partial charge in [0, 0.05) is 12.5 Å². The van der Waals surface area contributed by atoms with Crippen molar-refractivity contribution in [2.75, 3.05) is 6.54 Å². The number of hydrogen-bond donors (Lipinski definition) is 2. The zero-order valence-electron chi connectivity index (χ0n) is 9.53. The highest BCUT2D eigenvalue weighted by atomic mass is 19.1. The van der Waals surface area contributed by atoms with Gasteiger partial charge in [-0.2, -0.15) is 0 Å². The van der Waals surface area contributed by atoms with Crippen LogP contribution in [0, 0.1) is 11.7 Å². The molecule has 16 heavy (non-hydrogen) atoms. The number of halogens is 1. The van der Waals surface area contributed by atoms with E-state index < -0.39 is 0 Å². The average Bonchev–Trinajstić information content (AvgIpc) is 2.28. The van der Waals surface area contributed by atoms with Gasteiger partial charge in [-0.05, 0) is 24.6 Å². The Morgan fingerprint density at radius 3 is 2.44 bits per heavy atom. The van der Waals surface area contributed by atoms with E-state index in [9.17, 15) is 9.18 Å². The van der Waals surface area contributed by atoms with Gasteiger partial charge in [-0.15, -0.1) is 0 Å². The maximum absolute atomic E-state index is 12.7. The van der Waals surface area contributed by atoms with Crippen molar-refractivity contribution in [3.8, 4) is 0 Å². The minimum atomic E-state index is -0.280. The van der Waals surface area contributed by atoms with Gasteiger partial charge < -0.3 is 11.1 Å². The summed E-state index contributed by atoms with van der Waals surface area (Å²) in [6.07, 6.45) is 0. The lowest BCUT2D eigenvalue weighted by Crippen LogP contribution is -2.34. The maximum Gasteiger partial charge on any atom is 0.224 e. The Balaban J connectivity index is 2.62. The lowest BCUT2D eigenvalue weighted by molar-refractivity contribution is -0.124. The highest BCUT2D eigenvalue weighted by Crippen LogP contribution is 2.13. The zero-order valence-corrected chi connectivity index (χ0v) is 9.53. The Kier molecular flexibility index (Phi) is 4.43. The normalized spacial score (nSPS) is 14.2. The molecule has 0 bridgehead atoms. The minimum Gasteiger partial charge on any atom is -0.349 e. The van der Waals surface area contributed by atoms with Crippen LogP contribution in [0.5, 0.6) is 0 Å². The highest BCUT2D eigenvalue weighted by molar-refractivity contribution is 5.78.